The normalized spacial score (nSPS) is 23.6. The van der Waals surface area contributed by atoms with E-state index in [2.05, 4.69) is 12.0 Å². The largest absolute Gasteiger partial charge is 0.394 e. The van der Waals surface area contributed by atoms with Crippen LogP contribution < -0.4 is 5.56 Å². The maximum absolute atomic E-state index is 15.8. The Labute approximate surface area is 258 Å². The molecule has 4 aromatic rings. The van der Waals surface area contributed by atoms with Crippen LogP contribution in [-0.4, -0.2) is 59.0 Å². The first-order valence-corrected chi connectivity index (χ1v) is 18.5. The summed E-state index contributed by atoms with van der Waals surface area (Å²) >= 11 is 0. The van der Waals surface area contributed by atoms with Gasteiger partial charge in [0, 0.05) is 17.5 Å². The van der Waals surface area contributed by atoms with Crippen LogP contribution in [0.2, 0.25) is 18.6 Å². The first-order chi connectivity index (χ1) is 21.1. The Kier molecular flexibility index (Phi) is 8.54. The lowest BCUT2D eigenvalue weighted by molar-refractivity contribution is -0.138. The molecule has 6 rings (SSSR count). The lowest BCUT2D eigenvalue weighted by atomic mass is 9.93. The van der Waals surface area contributed by atoms with E-state index >= 15 is 4.11 Å². The summed E-state index contributed by atoms with van der Waals surface area (Å²) < 4.78 is 23.8. The van der Waals surface area contributed by atoms with Crippen LogP contribution in [0.5, 0.6) is 0 Å². The number of aliphatic hydroxyl groups is 1. The van der Waals surface area contributed by atoms with Crippen molar-refractivity contribution in [1.29, 1.82) is 0 Å². The molecule has 1 saturated heterocycles. The standard InChI is InChI=1S/C35H40FN3O4Si/c1-23-31(16-15-24-9-8-13-28(17-24)39-35(42)30-14-7-6-11-26(30)20-37-39)43-32(34(23)44(2,3)36)19-33(41)38-21-27-12-5-4-10-25(27)18-29(38)22-40/h4-14,17,20,23,29,31-32,34,40H,15-16,18-19,21-22H2,1-3H3/t23-,29+,31+,32-,34+/m1/s1. The second kappa shape index (κ2) is 12.4. The number of carbonyl (C=O) groups is 1. The molecule has 3 heterocycles. The minimum atomic E-state index is -3.17. The maximum Gasteiger partial charge on any atom is 0.279 e. The molecule has 9 heteroatoms. The summed E-state index contributed by atoms with van der Waals surface area (Å²) in [4.78, 5) is 28.5. The first-order valence-electron chi connectivity index (χ1n) is 15.5. The smallest absolute Gasteiger partial charge is 0.279 e. The van der Waals surface area contributed by atoms with E-state index in [9.17, 15) is 14.7 Å². The number of hydrogen-bond acceptors (Lipinski definition) is 5. The zero-order chi connectivity index (χ0) is 31.0. The van der Waals surface area contributed by atoms with Crippen molar-refractivity contribution in [2.75, 3.05) is 6.61 Å². The summed E-state index contributed by atoms with van der Waals surface area (Å²) in [6, 6.07) is 22.9. The predicted octanol–water partition coefficient (Wildman–Crippen LogP) is 5.60. The van der Waals surface area contributed by atoms with Crippen molar-refractivity contribution in [2.24, 2.45) is 5.92 Å². The molecule has 1 fully saturated rings. The lowest BCUT2D eigenvalue weighted by Crippen LogP contribution is -2.48. The Bertz CT molecular complexity index is 1720. The van der Waals surface area contributed by atoms with Crippen LogP contribution >= 0.6 is 0 Å². The first kappa shape index (κ1) is 30.4. The Morgan fingerprint density at radius 1 is 1.05 bits per heavy atom. The van der Waals surface area contributed by atoms with Crippen molar-refractivity contribution < 1.29 is 18.7 Å². The van der Waals surface area contributed by atoms with E-state index in [4.69, 9.17) is 4.74 Å². The molecule has 7 nitrogen and oxygen atoms in total. The number of aliphatic hydroxyl groups excluding tert-OH is 1. The molecule has 0 saturated carbocycles. The van der Waals surface area contributed by atoms with Crippen LogP contribution in [0.25, 0.3) is 16.5 Å². The Morgan fingerprint density at radius 2 is 1.80 bits per heavy atom. The van der Waals surface area contributed by atoms with Gasteiger partial charge in [-0.25, -0.2) is 0 Å². The van der Waals surface area contributed by atoms with Gasteiger partial charge in [-0.1, -0.05) is 61.5 Å². The average Bonchev–Trinajstić information content (AvgIpc) is 3.34. The molecule has 5 atom stereocenters. The Balaban J connectivity index is 1.16. The highest BCUT2D eigenvalue weighted by molar-refractivity contribution is 6.72. The zero-order valence-electron chi connectivity index (χ0n) is 25.5. The van der Waals surface area contributed by atoms with Gasteiger partial charge in [0.05, 0.1) is 48.5 Å². The summed E-state index contributed by atoms with van der Waals surface area (Å²) in [5, 5.41) is 15.9. The van der Waals surface area contributed by atoms with E-state index in [1.807, 2.05) is 66.7 Å². The number of aryl methyl sites for hydroxylation is 1. The number of hydrogen-bond donors (Lipinski definition) is 1. The second-order valence-corrected chi connectivity index (χ2v) is 16.7. The van der Waals surface area contributed by atoms with Gasteiger partial charge < -0.3 is 18.9 Å². The van der Waals surface area contributed by atoms with Crippen molar-refractivity contribution in [3.8, 4) is 5.69 Å². The summed E-state index contributed by atoms with van der Waals surface area (Å²) in [7, 11) is -3.17. The SMILES string of the molecule is C[C@H]1[C@H]([Si](C)(C)F)[C@@H](CC(=O)N2Cc3ccccc3C[C@H]2CO)O[C@H]1CCc1cccc(-n2ncc3ccccc3c2=O)c1. The highest BCUT2D eigenvalue weighted by Crippen LogP contribution is 2.47. The van der Waals surface area contributed by atoms with E-state index in [1.165, 1.54) is 4.68 Å². The monoisotopic (exact) mass is 613 g/mol. The van der Waals surface area contributed by atoms with E-state index in [1.54, 1.807) is 30.3 Å². The minimum Gasteiger partial charge on any atom is -0.394 e. The van der Waals surface area contributed by atoms with Gasteiger partial charge in [-0.2, -0.15) is 9.78 Å². The highest BCUT2D eigenvalue weighted by atomic mass is 28.4. The molecular weight excluding hydrogens is 573 g/mol. The summed E-state index contributed by atoms with van der Waals surface area (Å²) in [6.07, 6.45) is 3.08. The van der Waals surface area contributed by atoms with Crippen LogP contribution in [0.4, 0.5) is 4.11 Å². The number of ether oxygens (including phenoxy) is 1. The minimum absolute atomic E-state index is 0.0388. The van der Waals surface area contributed by atoms with E-state index < -0.39 is 14.5 Å². The molecule has 44 heavy (non-hydrogen) atoms. The van der Waals surface area contributed by atoms with E-state index in [0.717, 1.165) is 22.1 Å². The van der Waals surface area contributed by atoms with Gasteiger partial charge in [0.2, 0.25) is 14.3 Å². The van der Waals surface area contributed by atoms with Crippen LogP contribution in [0.3, 0.4) is 0 Å². The van der Waals surface area contributed by atoms with Gasteiger partial charge >= 0.3 is 0 Å². The molecule has 230 valence electrons. The number of carbonyl (C=O) groups excluding carboxylic acids is 1. The van der Waals surface area contributed by atoms with Crippen LogP contribution in [0.15, 0.2) is 83.8 Å². The van der Waals surface area contributed by atoms with Gasteiger partial charge in [-0.05, 0) is 73.2 Å². The Morgan fingerprint density at radius 3 is 2.57 bits per heavy atom. The van der Waals surface area contributed by atoms with Crippen molar-refractivity contribution in [1.82, 2.24) is 14.7 Å². The average molecular weight is 614 g/mol. The summed E-state index contributed by atoms with van der Waals surface area (Å²) in [5.41, 5.74) is 3.49. The Hall–Kier alpha value is -3.66. The topological polar surface area (TPSA) is 84.7 Å². The number of aromatic nitrogens is 2. The fraction of sp³-hybridized carbons (Fsp3) is 0.400. The number of benzene rings is 3. The molecule has 0 bridgehead atoms. The number of halogens is 1. The van der Waals surface area contributed by atoms with E-state index in [0.29, 0.717) is 36.9 Å². The molecule has 3 aromatic carbocycles. The second-order valence-electron chi connectivity index (χ2n) is 12.9. The third-order valence-electron chi connectivity index (χ3n) is 9.53. The number of amides is 1. The van der Waals surface area contributed by atoms with Crippen LogP contribution in [-0.2, 0) is 28.9 Å². The third kappa shape index (κ3) is 6.01. The number of rotatable bonds is 8. The molecule has 0 aliphatic carbocycles. The molecule has 2 aliphatic rings. The predicted molar refractivity (Wildman–Crippen MR) is 172 cm³/mol. The maximum atomic E-state index is 15.8. The zero-order valence-corrected chi connectivity index (χ0v) is 26.5. The van der Waals surface area contributed by atoms with Gasteiger partial charge in [-0.3, -0.25) is 9.59 Å². The molecule has 1 amide bonds. The van der Waals surface area contributed by atoms with Gasteiger partial charge in [-0.15, -0.1) is 0 Å². The molecule has 0 unspecified atom stereocenters. The molecule has 2 aliphatic heterocycles. The lowest BCUT2D eigenvalue weighted by Gasteiger charge is -2.37. The highest BCUT2D eigenvalue weighted by Gasteiger charge is 2.52. The fourth-order valence-electron chi connectivity index (χ4n) is 7.34. The number of fused-ring (bicyclic) bond motifs is 2. The molecular formula is C35H40FN3O4Si. The van der Waals surface area contributed by atoms with Crippen molar-refractivity contribution >= 4 is 25.1 Å². The molecule has 0 spiro atoms. The van der Waals surface area contributed by atoms with Crippen molar-refractivity contribution in [2.45, 2.75) is 76.0 Å². The van der Waals surface area contributed by atoms with Crippen LogP contribution in [0, 0.1) is 5.92 Å². The fourth-order valence-corrected chi connectivity index (χ4v) is 9.88. The van der Waals surface area contributed by atoms with Gasteiger partial charge in [0.25, 0.3) is 5.56 Å². The summed E-state index contributed by atoms with van der Waals surface area (Å²) in [5.74, 6) is -0.135. The molecule has 0 radical (unpaired) electrons. The van der Waals surface area contributed by atoms with E-state index in [-0.39, 0.29) is 48.1 Å². The van der Waals surface area contributed by atoms with Crippen molar-refractivity contribution in [3.63, 3.8) is 0 Å². The number of nitrogens with zero attached hydrogens (tertiary/aromatic N) is 3. The van der Waals surface area contributed by atoms with Crippen LogP contribution in [0.1, 0.15) is 36.5 Å². The molecule has 1 N–H and O–H groups in total. The molecule has 1 aromatic heterocycles. The van der Waals surface area contributed by atoms with Gasteiger partial charge in [0.1, 0.15) is 0 Å². The van der Waals surface area contributed by atoms with Gasteiger partial charge in [0.15, 0.2) is 0 Å². The third-order valence-corrected chi connectivity index (χ3v) is 12.0. The quantitative estimate of drug-likeness (QED) is 0.207. The van der Waals surface area contributed by atoms with Crippen molar-refractivity contribution in [3.05, 3.63) is 106 Å². The summed E-state index contributed by atoms with van der Waals surface area (Å²) in [6.45, 7) is 5.80.